The predicted octanol–water partition coefficient (Wildman–Crippen LogP) is 6.62. The third kappa shape index (κ3) is 7.11. The molecule has 1 N–H and O–H groups in total. The van der Waals surface area contributed by atoms with Gasteiger partial charge in [-0.2, -0.15) is 0 Å². The summed E-state index contributed by atoms with van der Waals surface area (Å²) in [5.41, 5.74) is 0.937. The van der Waals surface area contributed by atoms with E-state index in [2.05, 4.69) is 4.90 Å². The first-order chi connectivity index (χ1) is 17.8. The third-order valence-electron chi connectivity index (χ3n) is 6.29. The fraction of sp³-hybridized carbons (Fsp3) is 0.333. The van der Waals surface area contributed by atoms with Gasteiger partial charge in [0, 0.05) is 28.7 Å². The Bertz CT molecular complexity index is 1310. The Morgan fingerprint density at radius 2 is 1.70 bits per heavy atom. The van der Waals surface area contributed by atoms with Gasteiger partial charge >= 0.3 is 0 Å². The summed E-state index contributed by atoms with van der Waals surface area (Å²) < 4.78 is 34.9. The van der Waals surface area contributed by atoms with Gasteiger partial charge in [0.1, 0.15) is 12.0 Å². The average Bonchev–Trinajstić information content (AvgIpc) is 2.88. The van der Waals surface area contributed by atoms with Gasteiger partial charge in [-0.05, 0) is 74.2 Å². The number of sulfonamides is 1. The molecule has 0 bridgehead atoms. The molecule has 1 atom stereocenters. The highest BCUT2D eigenvalue weighted by molar-refractivity contribution is 7.92. The molecule has 6 nitrogen and oxygen atoms in total. The molecule has 3 aromatic rings. The van der Waals surface area contributed by atoms with Gasteiger partial charge in [0.15, 0.2) is 0 Å². The van der Waals surface area contributed by atoms with Crippen LogP contribution < -0.4 is 9.04 Å². The van der Waals surface area contributed by atoms with E-state index in [0.717, 1.165) is 38.8 Å². The molecule has 4 rings (SSSR count). The number of piperidine rings is 1. The highest BCUT2D eigenvalue weighted by atomic mass is 35.5. The molecule has 1 heterocycles. The van der Waals surface area contributed by atoms with Crippen molar-refractivity contribution in [2.75, 3.05) is 24.0 Å². The zero-order valence-corrected chi connectivity index (χ0v) is 23.3. The molecule has 198 valence electrons. The van der Waals surface area contributed by atoms with E-state index in [1.165, 1.54) is 34.6 Å². The van der Waals surface area contributed by atoms with E-state index in [1.807, 2.05) is 24.3 Å². The quantitative estimate of drug-likeness (QED) is 0.272. The van der Waals surface area contributed by atoms with E-state index < -0.39 is 16.3 Å². The van der Waals surface area contributed by atoms with Crippen molar-refractivity contribution in [1.82, 2.24) is 4.90 Å². The molecule has 1 aliphatic rings. The molecule has 0 amide bonds. The molecule has 10 heteroatoms. The van der Waals surface area contributed by atoms with Crippen LogP contribution >= 0.6 is 34.8 Å². The summed E-state index contributed by atoms with van der Waals surface area (Å²) in [7, 11) is -4.03. The van der Waals surface area contributed by atoms with Crippen molar-refractivity contribution >= 4 is 50.5 Å². The van der Waals surface area contributed by atoms with Gasteiger partial charge in [-0.15, -0.1) is 0 Å². The normalized spacial score (nSPS) is 16.5. The lowest BCUT2D eigenvalue weighted by molar-refractivity contribution is -0.0255. The van der Waals surface area contributed by atoms with E-state index in [0.29, 0.717) is 28.0 Å². The van der Waals surface area contributed by atoms with Crippen molar-refractivity contribution in [3.63, 3.8) is 0 Å². The summed E-state index contributed by atoms with van der Waals surface area (Å²) in [6, 6.07) is 18.0. The van der Waals surface area contributed by atoms with Gasteiger partial charge in [0.25, 0.3) is 10.0 Å². The predicted molar refractivity (Wildman–Crippen MR) is 149 cm³/mol. The first-order valence-electron chi connectivity index (χ1n) is 12.1. The lowest BCUT2D eigenvalue weighted by Gasteiger charge is -2.31. The molecule has 0 aromatic heterocycles. The van der Waals surface area contributed by atoms with E-state index in [4.69, 9.17) is 39.5 Å². The second-order valence-corrected chi connectivity index (χ2v) is 12.0. The number of likely N-dealkylation sites (tertiary alicyclic amines) is 1. The van der Waals surface area contributed by atoms with Gasteiger partial charge in [0.05, 0.1) is 28.8 Å². The largest absolute Gasteiger partial charge is 0.493 e. The second kappa shape index (κ2) is 12.7. The van der Waals surface area contributed by atoms with Gasteiger partial charge < -0.3 is 9.84 Å². The molecular formula is C27H29Cl3N2O4S. The number of hydrogen-bond acceptors (Lipinski definition) is 5. The monoisotopic (exact) mass is 582 g/mol. The number of aliphatic hydroxyl groups excluding tert-OH is 1. The summed E-state index contributed by atoms with van der Waals surface area (Å²) >= 11 is 18.7. The van der Waals surface area contributed by atoms with Gasteiger partial charge in [-0.3, -0.25) is 9.21 Å². The zero-order chi connectivity index (χ0) is 26.4. The Kier molecular flexibility index (Phi) is 9.62. The molecule has 1 unspecified atom stereocenters. The third-order valence-corrected chi connectivity index (χ3v) is 8.87. The number of rotatable bonds is 10. The summed E-state index contributed by atoms with van der Waals surface area (Å²) in [6.45, 7) is 2.03. The van der Waals surface area contributed by atoms with E-state index in [9.17, 15) is 13.5 Å². The number of hydrogen-bond donors (Lipinski definition) is 1. The van der Waals surface area contributed by atoms with Crippen molar-refractivity contribution in [3.05, 3.63) is 87.4 Å². The Balaban J connectivity index is 1.57. The van der Waals surface area contributed by atoms with Gasteiger partial charge in [-0.1, -0.05) is 53.0 Å². The average molecular weight is 584 g/mol. The lowest BCUT2D eigenvalue weighted by atomic mass is 10.1. The van der Waals surface area contributed by atoms with Crippen LogP contribution in [0.25, 0.3) is 0 Å². The van der Waals surface area contributed by atoms with E-state index in [1.54, 1.807) is 12.1 Å². The minimum Gasteiger partial charge on any atom is -0.493 e. The minimum absolute atomic E-state index is 0.0218. The summed E-state index contributed by atoms with van der Waals surface area (Å²) in [5.74, 6) is 0.580. The number of anilines is 1. The number of aliphatic hydroxyl groups is 1. The van der Waals surface area contributed by atoms with Crippen LogP contribution in [-0.2, 0) is 16.6 Å². The molecule has 37 heavy (non-hydrogen) atoms. The molecule has 3 aromatic carbocycles. The standard InChI is InChI=1S/C27H29Cl3N2O4S/c28-21-9-12-23(13-10-21)37(34,35)32(25-18-22(29)11-14-24(25)30)19-20-6-1-2-7-26(20)36-17-5-16-31-15-4-3-8-27(31)33/h1-2,6-7,9-14,18,27,33H,3-5,8,15-17,19H2. The van der Waals surface area contributed by atoms with E-state index in [-0.39, 0.29) is 22.2 Å². The fourth-order valence-electron chi connectivity index (χ4n) is 4.32. The van der Waals surface area contributed by atoms with Gasteiger partial charge in [-0.25, -0.2) is 8.42 Å². The van der Waals surface area contributed by atoms with Crippen LogP contribution in [0.5, 0.6) is 5.75 Å². The van der Waals surface area contributed by atoms with Gasteiger partial charge in [0.2, 0.25) is 0 Å². The zero-order valence-electron chi connectivity index (χ0n) is 20.2. The van der Waals surface area contributed by atoms with Crippen molar-refractivity contribution in [2.24, 2.45) is 0 Å². The maximum Gasteiger partial charge on any atom is 0.264 e. The number of nitrogens with zero attached hydrogens (tertiary/aromatic N) is 2. The van der Waals surface area contributed by atoms with Crippen LogP contribution in [0.15, 0.2) is 71.6 Å². The van der Waals surface area contributed by atoms with Crippen molar-refractivity contribution in [2.45, 2.75) is 43.4 Å². The molecule has 0 radical (unpaired) electrons. The molecule has 1 fully saturated rings. The van der Waals surface area contributed by atoms with Crippen LogP contribution in [0.1, 0.15) is 31.2 Å². The van der Waals surface area contributed by atoms with Crippen LogP contribution in [0.3, 0.4) is 0 Å². The Labute approximate surface area is 233 Å². The van der Waals surface area contributed by atoms with Crippen molar-refractivity contribution < 1.29 is 18.3 Å². The highest BCUT2D eigenvalue weighted by Crippen LogP contribution is 2.35. The van der Waals surface area contributed by atoms with Crippen LogP contribution in [0.2, 0.25) is 15.1 Å². The van der Waals surface area contributed by atoms with Crippen molar-refractivity contribution in [1.29, 1.82) is 0 Å². The number of ether oxygens (including phenoxy) is 1. The first-order valence-corrected chi connectivity index (χ1v) is 14.7. The maximum absolute atomic E-state index is 13.8. The Morgan fingerprint density at radius 3 is 2.46 bits per heavy atom. The van der Waals surface area contributed by atoms with Crippen molar-refractivity contribution in [3.8, 4) is 5.75 Å². The maximum atomic E-state index is 13.8. The number of halogens is 3. The Hall–Kier alpha value is -2.00. The number of benzene rings is 3. The molecule has 0 spiro atoms. The SMILES string of the molecule is O=S(=O)(c1ccc(Cl)cc1)N(Cc1ccccc1OCCCN1CCCCC1O)c1cc(Cl)ccc1Cl. The molecular weight excluding hydrogens is 555 g/mol. The van der Waals surface area contributed by atoms with E-state index >= 15 is 0 Å². The molecule has 1 aliphatic heterocycles. The highest BCUT2D eigenvalue weighted by Gasteiger charge is 2.28. The lowest BCUT2D eigenvalue weighted by Crippen LogP contribution is -2.40. The molecule has 1 saturated heterocycles. The molecule has 0 aliphatic carbocycles. The topological polar surface area (TPSA) is 70.1 Å². The van der Waals surface area contributed by atoms with Crippen LogP contribution in [0, 0.1) is 0 Å². The number of para-hydroxylation sites is 1. The second-order valence-electron chi connectivity index (χ2n) is 8.88. The fourth-order valence-corrected chi connectivity index (χ4v) is 6.34. The summed E-state index contributed by atoms with van der Waals surface area (Å²) in [5, 5.41) is 11.2. The minimum atomic E-state index is -4.03. The van der Waals surface area contributed by atoms with Crippen LogP contribution in [-0.4, -0.2) is 44.3 Å². The summed E-state index contributed by atoms with van der Waals surface area (Å²) in [4.78, 5) is 2.15. The smallest absolute Gasteiger partial charge is 0.264 e. The first kappa shape index (κ1) is 28.0. The molecule has 0 saturated carbocycles. The van der Waals surface area contributed by atoms with Crippen LogP contribution in [0.4, 0.5) is 5.69 Å². The summed E-state index contributed by atoms with van der Waals surface area (Å²) in [6.07, 6.45) is 3.28. The Morgan fingerprint density at radius 1 is 0.973 bits per heavy atom.